The van der Waals surface area contributed by atoms with Crippen LogP contribution in [0.4, 0.5) is 0 Å². The van der Waals surface area contributed by atoms with Crippen LogP contribution in [-0.4, -0.2) is 37.6 Å². The molecule has 124 valence electrons. The van der Waals surface area contributed by atoms with Gasteiger partial charge in [0, 0.05) is 13.0 Å². The fraction of sp³-hybridized carbons (Fsp3) is 0.800. The van der Waals surface area contributed by atoms with Crippen molar-refractivity contribution in [3.8, 4) is 0 Å². The minimum absolute atomic E-state index is 0.136. The molecule has 0 aromatic carbocycles. The highest BCUT2D eigenvalue weighted by Crippen LogP contribution is 2.09. The van der Waals surface area contributed by atoms with E-state index in [2.05, 4.69) is 11.9 Å². The molecule has 0 radical (unpaired) electrons. The van der Waals surface area contributed by atoms with E-state index in [1.807, 2.05) is 0 Å². The summed E-state index contributed by atoms with van der Waals surface area (Å²) in [5.74, 6) is -0.0852. The van der Waals surface area contributed by atoms with E-state index in [1.54, 1.807) is 0 Å². The number of carbonyl (C=O) groups excluding carboxylic acids is 1. The van der Waals surface area contributed by atoms with E-state index in [4.69, 9.17) is 4.55 Å². The first kappa shape index (κ1) is 20.3. The van der Waals surface area contributed by atoms with Crippen LogP contribution in [0.1, 0.15) is 57.8 Å². The topological polar surface area (TPSA) is 83.5 Å². The summed E-state index contributed by atoms with van der Waals surface area (Å²) in [5, 5.41) is 3.00. The monoisotopic (exact) mass is 319 g/mol. The van der Waals surface area contributed by atoms with Crippen molar-refractivity contribution in [3.63, 3.8) is 0 Å². The molecule has 0 aromatic heterocycles. The van der Waals surface area contributed by atoms with Crippen LogP contribution in [0.3, 0.4) is 0 Å². The average molecular weight is 319 g/mol. The summed E-state index contributed by atoms with van der Waals surface area (Å²) in [6, 6.07) is 0. The Kier molecular flexibility index (Phi) is 12.5. The fourth-order valence-corrected chi connectivity index (χ4v) is 2.44. The second kappa shape index (κ2) is 13.0. The molecule has 0 spiro atoms. The lowest BCUT2D eigenvalue weighted by Gasteiger charge is -2.04. The van der Waals surface area contributed by atoms with Crippen molar-refractivity contribution < 1.29 is 17.8 Å². The summed E-state index contributed by atoms with van der Waals surface area (Å²) in [6.07, 6.45) is 11.0. The van der Waals surface area contributed by atoms with Gasteiger partial charge in [0.15, 0.2) is 5.78 Å². The minimum atomic E-state index is -3.83. The zero-order chi connectivity index (χ0) is 16.0. The molecule has 0 saturated carbocycles. The Balaban J connectivity index is 3.12. The van der Waals surface area contributed by atoms with Gasteiger partial charge in [-0.25, -0.2) is 0 Å². The van der Waals surface area contributed by atoms with Gasteiger partial charge >= 0.3 is 0 Å². The molecule has 2 N–H and O–H groups in total. The molecular weight excluding hydrogens is 290 g/mol. The highest BCUT2D eigenvalue weighted by Gasteiger charge is 2.02. The molecule has 0 rings (SSSR count). The van der Waals surface area contributed by atoms with Crippen LogP contribution in [0.5, 0.6) is 0 Å². The van der Waals surface area contributed by atoms with E-state index < -0.39 is 10.1 Å². The third kappa shape index (κ3) is 17.2. The van der Waals surface area contributed by atoms with E-state index >= 15 is 0 Å². The fourth-order valence-electron chi connectivity index (χ4n) is 2.04. The van der Waals surface area contributed by atoms with Crippen LogP contribution < -0.4 is 5.32 Å². The van der Waals surface area contributed by atoms with Gasteiger partial charge in [-0.1, -0.05) is 45.1 Å². The maximum absolute atomic E-state index is 11.0. The number of hydrogen-bond acceptors (Lipinski definition) is 4. The maximum atomic E-state index is 11.0. The standard InChI is InChI=1S/C15H29NO4S/c1-2-15(17)11-9-7-5-3-4-6-8-10-12-16-13-14-21(18,19)20/h2,16H,1,3-14H2,(H,18,19,20). The highest BCUT2D eigenvalue weighted by molar-refractivity contribution is 7.85. The Hall–Kier alpha value is -0.720. The van der Waals surface area contributed by atoms with Crippen LogP contribution in [0.15, 0.2) is 12.7 Å². The summed E-state index contributed by atoms with van der Waals surface area (Å²) >= 11 is 0. The van der Waals surface area contributed by atoms with Crippen molar-refractivity contribution >= 4 is 15.9 Å². The van der Waals surface area contributed by atoms with Crippen molar-refractivity contribution in [2.24, 2.45) is 0 Å². The minimum Gasteiger partial charge on any atom is -0.316 e. The second-order valence-electron chi connectivity index (χ2n) is 5.28. The van der Waals surface area contributed by atoms with Gasteiger partial charge in [0.2, 0.25) is 0 Å². The van der Waals surface area contributed by atoms with Crippen molar-refractivity contribution in [2.45, 2.75) is 57.8 Å². The maximum Gasteiger partial charge on any atom is 0.266 e. The van der Waals surface area contributed by atoms with Crippen molar-refractivity contribution in [1.29, 1.82) is 0 Å². The molecule has 0 aliphatic carbocycles. The Morgan fingerprint density at radius 1 is 0.952 bits per heavy atom. The summed E-state index contributed by atoms with van der Waals surface area (Å²) in [6.45, 7) is 4.55. The predicted molar refractivity (Wildman–Crippen MR) is 86.0 cm³/mol. The van der Waals surface area contributed by atoms with E-state index in [-0.39, 0.29) is 11.5 Å². The predicted octanol–water partition coefficient (Wildman–Crippen LogP) is 2.73. The van der Waals surface area contributed by atoms with E-state index in [0.29, 0.717) is 13.0 Å². The van der Waals surface area contributed by atoms with Gasteiger partial charge in [0.1, 0.15) is 0 Å². The Morgan fingerprint density at radius 3 is 2.00 bits per heavy atom. The number of unbranched alkanes of at least 4 members (excludes halogenated alkanes) is 7. The molecule has 0 fully saturated rings. The molecular formula is C15H29NO4S. The molecule has 0 unspecified atom stereocenters. The number of carbonyl (C=O) groups is 1. The largest absolute Gasteiger partial charge is 0.316 e. The molecule has 0 saturated heterocycles. The van der Waals surface area contributed by atoms with Gasteiger partial charge in [0.25, 0.3) is 10.1 Å². The summed E-state index contributed by atoms with van der Waals surface area (Å²) in [7, 11) is -3.83. The first-order chi connectivity index (χ1) is 9.95. The Labute approximate surface area is 128 Å². The van der Waals surface area contributed by atoms with E-state index in [0.717, 1.165) is 32.2 Å². The quantitative estimate of drug-likeness (QED) is 0.275. The van der Waals surface area contributed by atoms with Crippen LogP contribution in [0.25, 0.3) is 0 Å². The first-order valence-electron chi connectivity index (χ1n) is 7.77. The molecule has 0 bridgehead atoms. The molecule has 0 aliphatic rings. The Morgan fingerprint density at radius 2 is 1.48 bits per heavy atom. The van der Waals surface area contributed by atoms with Gasteiger partial charge in [0.05, 0.1) is 5.75 Å². The third-order valence-electron chi connectivity index (χ3n) is 3.29. The number of ketones is 1. The van der Waals surface area contributed by atoms with Crippen LogP contribution >= 0.6 is 0 Å². The molecule has 0 atom stereocenters. The normalized spacial score (nSPS) is 11.5. The summed E-state index contributed by atoms with van der Waals surface area (Å²) in [5.41, 5.74) is 0. The molecule has 6 heteroatoms. The van der Waals surface area contributed by atoms with Crippen molar-refractivity contribution in [1.82, 2.24) is 5.32 Å². The zero-order valence-corrected chi connectivity index (χ0v) is 13.7. The van der Waals surface area contributed by atoms with Gasteiger partial charge in [-0.05, 0) is 25.5 Å². The molecule has 0 aliphatic heterocycles. The Bertz CT molecular complexity index is 379. The summed E-state index contributed by atoms with van der Waals surface area (Å²) in [4.78, 5) is 11.0. The number of nitrogens with one attached hydrogen (secondary N) is 1. The lowest BCUT2D eigenvalue weighted by Crippen LogP contribution is -2.23. The zero-order valence-electron chi connectivity index (χ0n) is 12.8. The molecule has 0 aromatic rings. The van der Waals surface area contributed by atoms with Crippen LogP contribution in [0, 0.1) is 0 Å². The molecule has 0 heterocycles. The second-order valence-corrected chi connectivity index (χ2v) is 6.86. The molecule has 5 nitrogen and oxygen atoms in total. The van der Waals surface area contributed by atoms with Crippen LogP contribution in [-0.2, 0) is 14.9 Å². The van der Waals surface area contributed by atoms with Crippen molar-refractivity contribution in [3.05, 3.63) is 12.7 Å². The number of rotatable bonds is 15. The van der Waals surface area contributed by atoms with Crippen molar-refractivity contribution in [2.75, 3.05) is 18.8 Å². The third-order valence-corrected chi connectivity index (χ3v) is 4.01. The van der Waals surface area contributed by atoms with Gasteiger partial charge in [-0.2, -0.15) is 8.42 Å². The first-order valence-corrected chi connectivity index (χ1v) is 9.38. The average Bonchev–Trinajstić information content (AvgIpc) is 2.42. The van der Waals surface area contributed by atoms with E-state index in [9.17, 15) is 13.2 Å². The van der Waals surface area contributed by atoms with Gasteiger partial charge in [-0.15, -0.1) is 0 Å². The summed E-state index contributed by atoms with van der Waals surface area (Å²) < 4.78 is 29.5. The number of hydrogen-bond donors (Lipinski definition) is 2. The highest BCUT2D eigenvalue weighted by atomic mass is 32.2. The van der Waals surface area contributed by atoms with Crippen LogP contribution in [0.2, 0.25) is 0 Å². The van der Waals surface area contributed by atoms with Gasteiger partial charge in [-0.3, -0.25) is 9.35 Å². The van der Waals surface area contributed by atoms with Gasteiger partial charge < -0.3 is 5.32 Å². The smallest absolute Gasteiger partial charge is 0.266 e. The SMILES string of the molecule is C=CC(=O)CCCCCCCCCCNCCS(=O)(=O)O. The molecule has 21 heavy (non-hydrogen) atoms. The number of allylic oxidation sites excluding steroid dienone is 1. The molecule has 0 amide bonds. The van der Waals surface area contributed by atoms with E-state index in [1.165, 1.54) is 31.8 Å². The lowest BCUT2D eigenvalue weighted by molar-refractivity contribution is -0.114. The lowest BCUT2D eigenvalue weighted by atomic mass is 10.1.